The van der Waals surface area contributed by atoms with Crippen molar-refractivity contribution in [3.05, 3.63) is 47.2 Å². The van der Waals surface area contributed by atoms with Crippen molar-refractivity contribution in [2.24, 2.45) is 0 Å². The second-order valence-electron chi connectivity index (χ2n) is 4.92. The molecule has 2 aromatic rings. The van der Waals surface area contributed by atoms with Crippen LogP contribution in [0.5, 0.6) is 0 Å². The van der Waals surface area contributed by atoms with E-state index < -0.39 is 0 Å². The van der Waals surface area contributed by atoms with Gasteiger partial charge in [-0.05, 0) is 42.0 Å². The molecular formula is C16H21NO. The van der Waals surface area contributed by atoms with Gasteiger partial charge in [-0.1, -0.05) is 38.1 Å². The van der Waals surface area contributed by atoms with Gasteiger partial charge in [0, 0.05) is 11.4 Å². The Bertz CT molecular complexity index is 510. The molecule has 0 fully saturated rings. The maximum Gasteiger partial charge on any atom is 0.0699 e. The molecule has 1 aromatic carbocycles. The highest BCUT2D eigenvalue weighted by atomic mass is 16.3. The number of aryl methyl sites for hydroxylation is 1. The molecule has 0 aliphatic heterocycles. The maximum absolute atomic E-state index is 9.21. The highest BCUT2D eigenvalue weighted by Crippen LogP contribution is 2.25. The Balaban J connectivity index is 2.28. The number of aromatic amines is 1. The smallest absolute Gasteiger partial charge is 0.0699 e. The second kappa shape index (κ2) is 5.40. The monoisotopic (exact) mass is 243 g/mol. The van der Waals surface area contributed by atoms with Gasteiger partial charge in [0.15, 0.2) is 0 Å². The first-order valence-corrected chi connectivity index (χ1v) is 6.55. The molecule has 2 rings (SSSR count). The Morgan fingerprint density at radius 1 is 1.22 bits per heavy atom. The molecule has 2 heteroatoms. The van der Waals surface area contributed by atoms with Crippen LogP contribution in [0.1, 0.15) is 43.0 Å². The summed E-state index contributed by atoms with van der Waals surface area (Å²) in [6.45, 7) is 6.54. The minimum Gasteiger partial charge on any atom is -0.392 e. The molecule has 0 aliphatic rings. The number of rotatable bonds is 4. The van der Waals surface area contributed by atoms with Crippen LogP contribution >= 0.6 is 0 Å². The normalized spacial score (nSPS) is 12.7. The van der Waals surface area contributed by atoms with E-state index in [-0.39, 0.29) is 6.61 Å². The van der Waals surface area contributed by atoms with E-state index in [1.807, 2.05) is 13.0 Å². The summed E-state index contributed by atoms with van der Waals surface area (Å²) in [6, 6.07) is 10.7. The van der Waals surface area contributed by atoms with Gasteiger partial charge in [-0.2, -0.15) is 0 Å². The summed E-state index contributed by atoms with van der Waals surface area (Å²) in [6.07, 6.45) is 1.16. The largest absolute Gasteiger partial charge is 0.392 e. The van der Waals surface area contributed by atoms with Crippen LogP contribution in [-0.4, -0.2) is 10.1 Å². The van der Waals surface area contributed by atoms with Crippen LogP contribution in [0.3, 0.4) is 0 Å². The van der Waals surface area contributed by atoms with Crippen molar-refractivity contribution < 1.29 is 5.11 Å². The van der Waals surface area contributed by atoms with E-state index in [9.17, 15) is 5.11 Å². The molecule has 0 saturated heterocycles. The van der Waals surface area contributed by atoms with Gasteiger partial charge < -0.3 is 10.1 Å². The third-order valence-corrected chi connectivity index (χ3v) is 3.70. The quantitative estimate of drug-likeness (QED) is 0.836. The molecule has 1 atom stereocenters. The van der Waals surface area contributed by atoms with Crippen LogP contribution in [0.4, 0.5) is 0 Å². The molecule has 0 aliphatic carbocycles. The molecule has 18 heavy (non-hydrogen) atoms. The van der Waals surface area contributed by atoms with Gasteiger partial charge in [-0.25, -0.2) is 0 Å². The van der Waals surface area contributed by atoms with Crippen molar-refractivity contribution in [3.63, 3.8) is 0 Å². The Morgan fingerprint density at radius 3 is 2.39 bits per heavy atom. The van der Waals surface area contributed by atoms with Crippen molar-refractivity contribution >= 4 is 0 Å². The van der Waals surface area contributed by atoms with Gasteiger partial charge in [-0.3, -0.25) is 0 Å². The summed E-state index contributed by atoms with van der Waals surface area (Å²) < 4.78 is 0. The Kier molecular flexibility index (Phi) is 3.87. The lowest BCUT2D eigenvalue weighted by molar-refractivity contribution is 0.281. The SMILES string of the molecule is CCC(C)c1ccc(-c2cc(CO)c(C)[nH]2)cc1. The van der Waals surface area contributed by atoms with Crippen molar-refractivity contribution in [1.29, 1.82) is 0 Å². The number of aliphatic hydroxyl groups excluding tert-OH is 1. The first-order valence-electron chi connectivity index (χ1n) is 6.55. The van der Waals surface area contributed by atoms with E-state index in [1.54, 1.807) is 0 Å². The number of benzene rings is 1. The Morgan fingerprint density at radius 2 is 1.89 bits per heavy atom. The van der Waals surface area contributed by atoms with E-state index in [2.05, 4.69) is 43.1 Å². The van der Waals surface area contributed by atoms with E-state index in [4.69, 9.17) is 0 Å². The fourth-order valence-electron chi connectivity index (χ4n) is 2.15. The molecule has 0 amide bonds. The minimum atomic E-state index is 0.0906. The predicted molar refractivity (Wildman–Crippen MR) is 75.6 cm³/mol. The van der Waals surface area contributed by atoms with Gasteiger partial charge in [0.1, 0.15) is 0 Å². The fraction of sp³-hybridized carbons (Fsp3) is 0.375. The first kappa shape index (κ1) is 12.9. The number of H-pyrrole nitrogens is 1. The Hall–Kier alpha value is -1.54. The highest BCUT2D eigenvalue weighted by Gasteiger charge is 2.07. The molecule has 0 bridgehead atoms. The highest BCUT2D eigenvalue weighted by molar-refractivity contribution is 5.61. The van der Waals surface area contributed by atoms with Gasteiger partial charge in [-0.15, -0.1) is 0 Å². The molecule has 0 saturated carbocycles. The molecule has 2 nitrogen and oxygen atoms in total. The summed E-state index contributed by atoms with van der Waals surface area (Å²) in [5.74, 6) is 0.609. The lowest BCUT2D eigenvalue weighted by atomic mass is 9.97. The van der Waals surface area contributed by atoms with Gasteiger partial charge in [0.2, 0.25) is 0 Å². The maximum atomic E-state index is 9.21. The number of hydrogen-bond donors (Lipinski definition) is 2. The third-order valence-electron chi connectivity index (χ3n) is 3.70. The van der Waals surface area contributed by atoms with E-state index in [1.165, 1.54) is 11.1 Å². The molecule has 1 heterocycles. The van der Waals surface area contributed by atoms with Crippen molar-refractivity contribution in [1.82, 2.24) is 4.98 Å². The topological polar surface area (TPSA) is 36.0 Å². The number of hydrogen-bond acceptors (Lipinski definition) is 1. The van der Waals surface area contributed by atoms with Crippen LogP contribution in [0, 0.1) is 6.92 Å². The Labute approximate surface area is 109 Å². The van der Waals surface area contributed by atoms with Gasteiger partial charge in [0.25, 0.3) is 0 Å². The number of aromatic nitrogens is 1. The molecule has 1 aromatic heterocycles. The molecule has 0 spiro atoms. The summed E-state index contributed by atoms with van der Waals surface area (Å²) in [5.41, 5.74) is 5.64. The zero-order chi connectivity index (χ0) is 13.1. The summed E-state index contributed by atoms with van der Waals surface area (Å²) >= 11 is 0. The summed E-state index contributed by atoms with van der Waals surface area (Å²) in [5, 5.41) is 9.21. The summed E-state index contributed by atoms with van der Waals surface area (Å²) in [7, 11) is 0. The molecule has 96 valence electrons. The zero-order valence-corrected chi connectivity index (χ0v) is 11.3. The number of nitrogens with one attached hydrogen (secondary N) is 1. The second-order valence-corrected chi connectivity index (χ2v) is 4.92. The average molecular weight is 243 g/mol. The van der Waals surface area contributed by atoms with Crippen molar-refractivity contribution in [3.8, 4) is 11.3 Å². The standard InChI is InChI=1S/C16H21NO/c1-4-11(2)13-5-7-14(8-6-13)16-9-15(10-18)12(3)17-16/h5-9,11,17-18H,4,10H2,1-3H3. The molecule has 1 unspecified atom stereocenters. The predicted octanol–water partition coefficient (Wildman–Crippen LogP) is 4.00. The van der Waals surface area contributed by atoms with Gasteiger partial charge in [0.05, 0.1) is 6.61 Å². The summed E-state index contributed by atoms with van der Waals surface area (Å²) in [4.78, 5) is 3.31. The zero-order valence-electron chi connectivity index (χ0n) is 11.3. The van der Waals surface area contributed by atoms with E-state index >= 15 is 0 Å². The lowest BCUT2D eigenvalue weighted by Gasteiger charge is -2.09. The first-order chi connectivity index (χ1) is 8.65. The third kappa shape index (κ3) is 2.49. The number of aliphatic hydroxyl groups is 1. The van der Waals surface area contributed by atoms with Crippen LogP contribution in [0.15, 0.2) is 30.3 Å². The fourth-order valence-corrected chi connectivity index (χ4v) is 2.15. The van der Waals surface area contributed by atoms with E-state index in [0.29, 0.717) is 5.92 Å². The minimum absolute atomic E-state index is 0.0906. The van der Waals surface area contributed by atoms with Crippen molar-refractivity contribution in [2.75, 3.05) is 0 Å². The molecular weight excluding hydrogens is 222 g/mol. The van der Waals surface area contributed by atoms with Crippen LogP contribution < -0.4 is 0 Å². The van der Waals surface area contributed by atoms with Crippen LogP contribution in [-0.2, 0) is 6.61 Å². The van der Waals surface area contributed by atoms with Crippen LogP contribution in [0.25, 0.3) is 11.3 Å². The average Bonchev–Trinajstić information content (AvgIpc) is 2.79. The lowest BCUT2D eigenvalue weighted by Crippen LogP contribution is -1.90. The molecule has 2 N–H and O–H groups in total. The molecule has 0 radical (unpaired) electrons. The van der Waals surface area contributed by atoms with E-state index in [0.717, 1.165) is 23.4 Å². The van der Waals surface area contributed by atoms with Crippen molar-refractivity contribution in [2.45, 2.75) is 39.7 Å². The van der Waals surface area contributed by atoms with Gasteiger partial charge >= 0.3 is 0 Å². The van der Waals surface area contributed by atoms with Crippen LogP contribution in [0.2, 0.25) is 0 Å².